The largest absolute Gasteiger partial charge is 0.393 e. The molecule has 0 spiro atoms. The Morgan fingerprint density at radius 2 is 1.72 bits per heavy atom. The molecule has 1 aromatic rings. The lowest BCUT2D eigenvalue weighted by molar-refractivity contribution is -0.174. The molecule has 0 radical (unpaired) electrons. The maximum atomic E-state index is 11.3. The monoisotopic (exact) mass is 458 g/mol. The first-order chi connectivity index (χ1) is 15.1. The average Bonchev–Trinajstić information content (AvgIpc) is 3.37. The molecule has 0 aliphatic heterocycles. The van der Waals surface area contributed by atoms with Crippen molar-refractivity contribution in [3.05, 3.63) is 22.4 Å². The van der Waals surface area contributed by atoms with E-state index >= 15 is 0 Å². The zero-order chi connectivity index (χ0) is 22.7. The lowest BCUT2D eigenvalue weighted by Gasteiger charge is -2.62. The van der Waals surface area contributed by atoms with Gasteiger partial charge in [0.2, 0.25) is 0 Å². The molecule has 0 saturated heterocycles. The second-order valence-electron chi connectivity index (χ2n) is 13.3. The van der Waals surface area contributed by atoms with Gasteiger partial charge in [-0.05, 0) is 128 Å². The zero-order valence-corrected chi connectivity index (χ0v) is 21.7. The molecule has 0 bridgehead atoms. The molecule has 1 heterocycles. The predicted molar refractivity (Wildman–Crippen MR) is 134 cm³/mol. The molecule has 180 valence electrons. The van der Waals surface area contributed by atoms with E-state index < -0.39 is 0 Å². The number of rotatable bonds is 5. The molecule has 0 amide bonds. The summed E-state index contributed by atoms with van der Waals surface area (Å²) >= 11 is 1.91. The molecule has 4 fully saturated rings. The average molecular weight is 459 g/mol. The van der Waals surface area contributed by atoms with Crippen molar-refractivity contribution in [2.24, 2.45) is 45.8 Å². The topological polar surface area (TPSA) is 40.5 Å². The van der Waals surface area contributed by atoms with Crippen LogP contribution in [0.4, 0.5) is 0 Å². The fourth-order valence-electron chi connectivity index (χ4n) is 9.91. The number of hydrogen-bond acceptors (Lipinski definition) is 3. The van der Waals surface area contributed by atoms with Crippen molar-refractivity contribution >= 4 is 11.3 Å². The summed E-state index contributed by atoms with van der Waals surface area (Å²) in [5.74, 6) is 3.33. The molecule has 9 atom stereocenters. The summed E-state index contributed by atoms with van der Waals surface area (Å²) in [4.78, 5) is 1.54. The van der Waals surface area contributed by atoms with Crippen LogP contribution in [0.5, 0.6) is 0 Å². The van der Waals surface area contributed by atoms with Gasteiger partial charge in [-0.25, -0.2) is 0 Å². The standard InChI is InChI=1S/C29H46O2S/c1-27(2,13-5-7-20-8-6-16-32-20)26-10-9-22-21-18-25(31)24-17-19(30)11-14-28(24,3)23(21)12-15-29(22,26)4/h6,8,16,19,21-26,30-31H,5,7,9-15,17-18H2,1-4H3/t19-,21?,22-,23-,24+,25-,26+,28+,29-/m0/s1. The highest BCUT2D eigenvalue weighted by atomic mass is 32.1. The lowest BCUT2D eigenvalue weighted by Crippen LogP contribution is -2.58. The third-order valence-corrected chi connectivity index (χ3v) is 12.4. The van der Waals surface area contributed by atoms with Gasteiger partial charge < -0.3 is 10.2 Å². The quantitative estimate of drug-likeness (QED) is 0.494. The molecule has 1 aromatic heterocycles. The van der Waals surface area contributed by atoms with Crippen molar-refractivity contribution in [1.29, 1.82) is 0 Å². The molecule has 1 unspecified atom stereocenters. The molecule has 4 aliphatic carbocycles. The Labute approximate surface area is 200 Å². The summed E-state index contributed by atoms with van der Waals surface area (Å²) in [5, 5.41) is 23.8. The van der Waals surface area contributed by atoms with Crippen LogP contribution in [0, 0.1) is 45.8 Å². The third-order valence-electron chi connectivity index (χ3n) is 11.4. The van der Waals surface area contributed by atoms with Gasteiger partial charge in [0.1, 0.15) is 0 Å². The first-order valence-electron chi connectivity index (χ1n) is 13.5. The lowest BCUT2D eigenvalue weighted by atomic mass is 9.43. The van der Waals surface area contributed by atoms with E-state index in [0.717, 1.165) is 43.4 Å². The van der Waals surface area contributed by atoms with Crippen LogP contribution < -0.4 is 0 Å². The van der Waals surface area contributed by atoms with Crippen LogP contribution in [0.15, 0.2) is 17.5 Å². The Morgan fingerprint density at radius 3 is 2.47 bits per heavy atom. The van der Waals surface area contributed by atoms with E-state index in [1.54, 1.807) is 0 Å². The molecular formula is C29H46O2S. The Hall–Kier alpha value is -0.380. The molecular weight excluding hydrogens is 412 g/mol. The number of fused-ring (bicyclic) bond motifs is 5. The van der Waals surface area contributed by atoms with Gasteiger partial charge in [-0.15, -0.1) is 11.3 Å². The van der Waals surface area contributed by atoms with Crippen LogP contribution in [-0.4, -0.2) is 22.4 Å². The van der Waals surface area contributed by atoms with E-state index in [-0.39, 0.29) is 17.6 Å². The maximum Gasteiger partial charge on any atom is 0.0577 e. The highest BCUT2D eigenvalue weighted by Gasteiger charge is 2.63. The molecule has 2 N–H and O–H groups in total. The SMILES string of the molecule is CC(C)(CCCc1cccs1)[C@H]1CC[C@H]2C3C[C@H](O)[C@H]4C[C@@H](O)CC[C@]4(C)[C@H]3CC[C@]12C. The van der Waals surface area contributed by atoms with Crippen LogP contribution >= 0.6 is 11.3 Å². The first-order valence-corrected chi connectivity index (χ1v) is 14.4. The minimum atomic E-state index is -0.212. The van der Waals surface area contributed by atoms with Crippen molar-refractivity contribution < 1.29 is 10.2 Å². The van der Waals surface area contributed by atoms with Gasteiger partial charge in [0.15, 0.2) is 0 Å². The summed E-state index contributed by atoms with van der Waals surface area (Å²) in [6.07, 6.45) is 12.8. The van der Waals surface area contributed by atoms with Crippen LogP contribution in [0.3, 0.4) is 0 Å². The van der Waals surface area contributed by atoms with Crippen molar-refractivity contribution in [2.45, 2.75) is 111 Å². The maximum absolute atomic E-state index is 11.3. The Kier molecular flexibility index (Phi) is 6.12. The van der Waals surface area contributed by atoms with Gasteiger partial charge in [0.05, 0.1) is 12.2 Å². The van der Waals surface area contributed by atoms with E-state index in [2.05, 4.69) is 45.2 Å². The van der Waals surface area contributed by atoms with Gasteiger partial charge in [0.25, 0.3) is 0 Å². The molecule has 5 rings (SSSR count). The number of aliphatic hydroxyl groups excluding tert-OH is 2. The molecule has 3 heteroatoms. The zero-order valence-electron chi connectivity index (χ0n) is 20.9. The number of thiophene rings is 1. The van der Waals surface area contributed by atoms with Crippen molar-refractivity contribution in [2.75, 3.05) is 0 Å². The van der Waals surface area contributed by atoms with E-state index in [1.807, 2.05) is 11.3 Å². The van der Waals surface area contributed by atoms with E-state index in [9.17, 15) is 10.2 Å². The van der Waals surface area contributed by atoms with Gasteiger partial charge in [-0.2, -0.15) is 0 Å². The van der Waals surface area contributed by atoms with E-state index in [1.165, 1.54) is 49.8 Å². The van der Waals surface area contributed by atoms with Crippen LogP contribution in [0.2, 0.25) is 0 Å². The summed E-state index contributed by atoms with van der Waals surface area (Å²) in [6, 6.07) is 4.47. The highest BCUT2D eigenvalue weighted by Crippen LogP contribution is 2.69. The highest BCUT2D eigenvalue weighted by molar-refractivity contribution is 7.09. The number of hydrogen-bond donors (Lipinski definition) is 2. The van der Waals surface area contributed by atoms with Crippen molar-refractivity contribution in [1.82, 2.24) is 0 Å². The predicted octanol–water partition coefficient (Wildman–Crippen LogP) is 7.09. The van der Waals surface area contributed by atoms with E-state index in [0.29, 0.717) is 22.7 Å². The second-order valence-corrected chi connectivity index (χ2v) is 14.3. The van der Waals surface area contributed by atoms with Crippen LogP contribution in [-0.2, 0) is 6.42 Å². The van der Waals surface area contributed by atoms with Crippen molar-refractivity contribution in [3.8, 4) is 0 Å². The smallest absolute Gasteiger partial charge is 0.0577 e. The van der Waals surface area contributed by atoms with Gasteiger partial charge in [-0.1, -0.05) is 33.8 Å². The molecule has 32 heavy (non-hydrogen) atoms. The molecule has 4 aliphatic rings. The van der Waals surface area contributed by atoms with E-state index in [4.69, 9.17) is 0 Å². The summed E-state index contributed by atoms with van der Waals surface area (Å²) < 4.78 is 0. The minimum absolute atomic E-state index is 0.195. The van der Waals surface area contributed by atoms with Crippen molar-refractivity contribution in [3.63, 3.8) is 0 Å². The summed E-state index contributed by atoms with van der Waals surface area (Å²) in [5.41, 5.74) is 1.06. The van der Waals surface area contributed by atoms with Gasteiger partial charge in [0, 0.05) is 4.88 Å². The summed E-state index contributed by atoms with van der Waals surface area (Å²) in [7, 11) is 0. The molecule has 0 aromatic carbocycles. The summed E-state index contributed by atoms with van der Waals surface area (Å²) in [6.45, 7) is 10.2. The number of aryl methyl sites for hydroxylation is 1. The first kappa shape index (κ1) is 23.4. The Balaban J connectivity index is 1.32. The van der Waals surface area contributed by atoms with Gasteiger partial charge in [-0.3, -0.25) is 0 Å². The van der Waals surface area contributed by atoms with Gasteiger partial charge >= 0.3 is 0 Å². The normalized spacial score (nSPS) is 46.4. The Bertz CT molecular complexity index is 787. The fourth-order valence-corrected chi connectivity index (χ4v) is 10.7. The minimum Gasteiger partial charge on any atom is -0.393 e. The third kappa shape index (κ3) is 3.73. The van der Waals surface area contributed by atoms with Crippen LogP contribution in [0.25, 0.3) is 0 Å². The fraction of sp³-hybridized carbons (Fsp3) is 0.862. The Morgan fingerprint density at radius 1 is 0.969 bits per heavy atom. The second kappa shape index (κ2) is 8.38. The molecule has 4 saturated carbocycles. The number of aliphatic hydroxyl groups is 2. The molecule has 2 nitrogen and oxygen atoms in total. The van der Waals surface area contributed by atoms with Crippen LogP contribution in [0.1, 0.15) is 96.8 Å².